The molecule has 116 valence electrons. The number of nitrogens with zero attached hydrogens (tertiary/aromatic N) is 2. The van der Waals surface area contributed by atoms with Crippen molar-refractivity contribution in [2.75, 3.05) is 17.7 Å². The number of anilines is 2. The molecular formula is C15H17FN4O2. The Morgan fingerprint density at radius 2 is 2.09 bits per heavy atom. The van der Waals surface area contributed by atoms with Crippen molar-refractivity contribution in [1.82, 2.24) is 4.98 Å². The summed E-state index contributed by atoms with van der Waals surface area (Å²) < 4.78 is 19.1. The number of aromatic amines is 1. The number of ether oxygens (including phenoxy) is 1. The molecule has 0 saturated carbocycles. The standard InChI is InChI=1S/C15H17FN4O2/c1-15(2,3)22-14(21)20(5)10-7-8(16)6-9-11(10)19-13(17)12(9)18-4/h6-7,19H,17H2,1-3,5H3. The molecule has 0 radical (unpaired) electrons. The first-order valence-corrected chi connectivity index (χ1v) is 6.59. The Labute approximate surface area is 127 Å². The zero-order chi connectivity index (χ0) is 16.7. The van der Waals surface area contributed by atoms with Gasteiger partial charge in [-0.25, -0.2) is 14.0 Å². The van der Waals surface area contributed by atoms with Crippen LogP contribution in [0.4, 0.5) is 26.4 Å². The van der Waals surface area contributed by atoms with Crippen molar-refractivity contribution in [3.05, 3.63) is 29.4 Å². The molecule has 2 aromatic rings. The molecular weight excluding hydrogens is 287 g/mol. The molecule has 0 aliphatic rings. The smallest absolute Gasteiger partial charge is 0.414 e. The molecule has 1 aromatic carbocycles. The highest BCUT2D eigenvalue weighted by Crippen LogP contribution is 2.38. The monoisotopic (exact) mass is 304 g/mol. The number of aromatic nitrogens is 1. The van der Waals surface area contributed by atoms with Crippen molar-refractivity contribution >= 4 is 34.2 Å². The molecule has 0 bridgehead atoms. The van der Waals surface area contributed by atoms with Gasteiger partial charge in [0, 0.05) is 12.4 Å². The third-order valence-electron chi connectivity index (χ3n) is 2.99. The van der Waals surface area contributed by atoms with Gasteiger partial charge in [0.2, 0.25) is 5.69 Å². The number of fused-ring (bicyclic) bond motifs is 1. The number of nitrogens with one attached hydrogen (secondary N) is 1. The third kappa shape index (κ3) is 2.81. The van der Waals surface area contributed by atoms with E-state index < -0.39 is 17.5 Å². The molecule has 0 aliphatic heterocycles. The lowest BCUT2D eigenvalue weighted by molar-refractivity contribution is 0.0589. The van der Waals surface area contributed by atoms with E-state index in [0.29, 0.717) is 10.9 Å². The summed E-state index contributed by atoms with van der Waals surface area (Å²) in [6.45, 7) is 12.4. The highest BCUT2D eigenvalue weighted by Gasteiger charge is 2.24. The van der Waals surface area contributed by atoms with Crippen molar-refractivity contribution in [3.63, 3.8) is 0 Å². The van der Waals surface area contributed by atoms with Crippen molar-refractivity contribution < 1.29 is 13.9 Å². The average Bonchev–Trinajstić information content (AvgIpc) is 2.70. The van der Waals surface area contributed by atoms with Crippen LogP contribution in [0.1, 0.15) is 20.8 Å². The van der Waals surface area contributed by atoms with Gasteiger partial charge in [-0.2, -0.15) is 0 Å². The first-order valence-electron chi connectivity index (χ1n) is 6.59. The Hall–Kier alpha value is -2.75. The number of carbonyl (C=O) groups is 1. The molecule has 3 N–H and O–H groups in total. The van der Waals surface area contributed by atoms with Gasteiger partial charge in [-0.05, 0) is 32.9 Å². The number of nitrogen functional groups attached to an aromatic ring is 1. The third-order valence-corrected chi connectivity index (χ3v) is 2.99. The number of hydrogen-bond acceptors (Lipinski definition) is 3. The van der Waals surface area contributed by atoms with Crippen LogP contribution < -0.4 is 10.6 Å². The summed E-state index contributed by atoms with van der Waals surface area (Å²) in [5.74, 6) is -0.434. The van der Waals surface area contributed by atoms with Crippen LogP contribution in [0.5, 0.6) is 0 Å². The minimum atomic E-state index is -0.672. The fourth-order valence-electron chi connectivity index (χ4n) is 2.06. The van der Waals surface area contributed by atoms with Crippen molar-refractivity contribution in [2.45, 2.75) is 26.4 Å². The summed E-state index contributed by atoms with van der Waals surface area (Å²) in [6.07, 6.45) is -0.628. The van der Waals surface area contributed by atoms with E-state index in [0.717, 1.165) is 0 Å². The normalized spacial score (nSPS) is 11.3. The van der Waals surface area contributed by atoms with Crippen LogP contribution in [0.3, 0.4) is 0 Å². The van der Waals surface area contributed by atoms with Gasteiger partial charge >= 0.3 is 6.09 Å². The Balaban J connectivity index is 2.56. The maximum Gasteiger partial charge on any atom is 0.414 e. The number of nitrogens with two attached hydrogens (primary N) is 1. The average molecular weight is 304 g/mol. The van der Waals surface area contributed by atoms with Crippen LogP contribution >= 0.6 is 0 Å². The molecule has 1 heterocycles. The van der Waals surface area contributed by atoms with Gasteiger partial charge in [0.05, 0.1) is 17.8 Å². The minimum absolute atomic E-state index is 0.133. The second-order valence-corrected chi connectivity index (χ2v) is 5.89. The number of halogens is 1. The van der Waals surface area contributed by atoms with Gasteiger partial charge in [-0.3, -0.25) is 4.90 Å². The number of H-pyrrole nitrogens is 1. The molecule has 0 fully saturated rings. The van der Waals surface area contributed by atoms with E-state index in [-0.39, 0.29) is 17.2 Å². The molecule has 0 aliphatic carbocycles. The van der Waals surface area contributed by atoms with Crippen LogP contribution in [-0.4, -0.2) is 23.7 Å². The van der Waals surface area contributed by atoms with Gasteiger partial charge in [-0.15, -0.1) is 0 Å². The molecule has 1 aromatic heterocycles. The predicted octanol–water partition coefficient (Wildman–Crippen LogP) is 3.81. The topological polar surface area (TPSA) is 75.7 Å². The number of carbonyl (C=O) groups excluding carboxylic acids is 1. The Morgan fingerprint density at radius 3 is 2.64 bits per heavy atom. The molecule has 0 atom stereocenters. The molecule has 0 spiro atoms. The summed E-state index contributed by atoms with van der Waals surface area (Å²) >= 11 is 0. The largest absolute Gasteiger partial charge is 0.443 e. The molecule has 22 heavy (non-hydrogen) atoms. The number of hydrogen-bond donors (Lipinski definition) is 2. The van der Waals surface area contributed by atoms with Crippen LogP contribution in [0.25, 0.3) is 15.7 Å². The number of amides is 1. The Bertz CT molecular complexity index is 783. The molecule has 0 saturated heterocycles. The highest BCUT2D eigenvalue weighted by atomic mass is 19.1. The molecule has 7 heteroatoms. The summed E-state index contributed by atoms with van der Waals surface area (Å²) in [5.41, 5.74) is 5.87. The maximum atomic E-state index is 13.8. The highest BCUT2D eigenvalue weighted by molar-refractivity contribution is 6.08. The minimum Gasteiger partial charge on any atom is -0.443 e. The van der Waals surface area contributed by atoms with Crippen LogP contribution in [0, 0.1) is 12.4 Å². The summed E-state index contributed by atoms with van der Waals surface area (Å²) in [5, 5.41) is 0.331. The molecule has 2 rings (SSSR count). The van der Waals surface area contributed by atoms with Crippen LogP contribution in [0.15, 0.2) is 12.1 Å². The van der Waals surface area contributed by atoms with Gasteiger partial charge < -0.3 is 15.5 Å². The van der Waals surface area contributed by atoms with Gasteiger partial charge in [0.25, 0.3) is 0 Å². The van der Waals surface area contributed by atoms with Crippen LogP contribution in [0.2, 0.25) is 0 Å². The van der Waals surface area contributed by atoms with Gasteiger partial charge in [0.1, 0.15) is 17.2 Å². The SMILES string of the molecule is [C-]#[N+]c1c(N)[nH]c2c(N(C)C(=O)OC(C)(C)C)cc(F)cc12. The second kappa shape index (κ2) is 5.22. The van der Waals surface area contributed by atoms with Crippen molar-refractivity contribution in [3.8, 4) is 0 Å². The van der Waals surface area contributed by atoms with E-state index in [1.165, 1.54) is 24.1 Å². The van der Waals surface area contributed by atoms with Crippen molar-refractivity contribution in [2.24, 2.45) is 0 Å². The fraction of sp³-hybridized carbons (Fsp3) is 0.333. The van der Waals surface area contributed by atoms with E-state index in [2.05, 4.69) is 9.83 Å². The van der Waals surface area contributed by atoms with Crippen molar-refractivity contribution in [1.29, 1.82) is 0 Å². The number of rotatable bonds is 1. The lowest BCUT2D eigenvalue weighted by Crippen LogP contribution is -2.34. The van der Waals surface area contributed by atoms with E-state index in [1.807, 2.05) is 0 Å². The second-order valence-electron chi connectivity index (χ2n) is 5.89. The van der Waals surface area contributed by atoms with Gasteiger partial charge in [0.15, 0.2) is 0 Å². The molecule has 0 unspecified atom stereocenters. The summed E-state index contributed by atoms with van der Waals surface area (Å²) in [4.78, 5) is 19.4. The maximum absolute atomic E-state index is 13.8. The molecule has 1 amide bonds. The summed E-state index contributed by atoms with van der Waals surface area (Å²) in [7, 11) is 1.47. The lowest BCUT2D eigenvalue weighted by atomic mass is 10.2. The zero-order valence-corrected chi connectivity index (χ0v) is 12.8. The van der Waals surface area contributed by atoms with E-state index in [9.17, 15) is 9.18 Å². The lowest BCUT2D eigenvalue weighted by Gasteiger charge is -2.25. The predicted molar refractivity (Wildman–Crippen MR) is 83.6 cm³/mol. The van der Waals surface area contributed by atoms with Crippen LogP contribution in [-0.2, 0) is 4.74 Å². The van der Waals surface area contributed by atoms with E-state index in [4.69, 9.17) is 17.0 Å². The summed E-state index contributed by atoms with van der Waals surface area (Å²) in [6, 6.07) is 2.40. The Morgan fingerprint density at radius 1 is 1.45 bits per heavy atom. The first kappa shape index (κ1) is 15.6. The fourth-order valence-corrected chi connectivity index (χ4v) is 2.06. The first-order chi connectivity index (χ1) is 10.1. The quantitative estimate of drug-likeness (QED) is 0.787. The van der Waals surface area contributed by atoms with E-state index in [1.54, 1.807) is 20.8 Å². The molecule has 6 nitrogen and oxygen atoms in total. The Kier molecular flexibility index (Phi) is 3.71. The zero-order valence-electron chi connectivity index (χ0n) is 12.8. The van der Waals surface area contributed by atoms with E-state index >= 15 is 0 Å². The van der Waals surface area contributed by atoms with Gasteiger partial charge in [-0.1, -0.05) is 0 Å². The number of benzene rings is 1.